The molecule has 1 fully saturated rings. The van der Waals surface area contributed by atoms with Gasteiger partial charge in [0.1, 0.15) is 0 Å². The monoisotopic (exact) mass is 1210 g/mol. The number of hydrogen-bond donors (Lipinski definition) is 0. The first-order valence-corrected chi connectivity index (χ1v) is 36.3. The molecule has 6 atom stereocenters. The Labute approximate surface area is 551 Å². The molecule has 0 amide bonds. The molecule has 0 N–H and O–H groups in total. The van der Waals surface area contributed by atoms with E-state index in [0.29, 0.717) is 29.6 Å². The van der Waals surface area contributed by atoms with Crippen LogP contribution in [0.2, 0.25) is 0 Å². The molecule has 7 aliphatic carbocycles. The molecule has 0 aromatic heterocycles. The number of anilines is 10. The van der Waals surface area contributed by atoms with Crippen LogP contribution in [0.15, 0.2) is 216 Å². The minimum atomic E-state index is -0.000382. The van der Waals surface area contributed by atoms with Gasteiger partial charge in [-0.1, -0.05) is 156 Å². The van der Waals surface area contributed by atoms with Crippen molar-refractivity contribution < 1.29 is 0 Å². The minimum absolute atomic E-state index is 0.000382. The topological polar surface area (TPSA) is 13.0 Å². The van der Waals surface area contributed by atoms with Crippen molar-refractivity contribution in [2.24, 2.45) is 23.7 Å². The second-order valence-corrected chi connectivity index (χ2v) is 29.3. The summed E-state index contributed by atoms with van der Waals surface area (Å²) in [4.78, 5) is 11.3. The van der Waals surface area contributed by atoms with Crippen molar-refractivity contribution in [3.63, 3.8) is 0 Å². The number of nitrogens with zero attached hydrogens (tertiary/aromatic N) is 4. The first-order valence-electron chi connectivity index (χ1n) is 36.3. The van der Waals surface area contributed by atoms with E-state index in [4.69, 9.17) is 0 Å². The Morgan fingerprint density at radius 2 is 0.750 bits per heavy atom. The van der Waals surface area contributed by atoms with Gasteiger partial charge in [-0.05, 0) is 292 Å². The molecule has 4 nitrogen and oxygen atoms in total. The number of aryl methyl sites for hydroxylation is 4. The molecule has 1 saturated carbocycles. The van der Waals surface area contributed by atoms with E-state index >= 15 is 0 Å². The lowest BCUT2D eigenvalue weighted by Gasteiger charge is -2.53. The molecule has 7 aromatic rings. The van der Waals surface area contributed by atoms with Crippen LogP contribution in [0.4, 0.5) is 56.9 Å². The fraction of sp³-hybridized carbons (Fsp3) is 0.379. The minimum Gasteiger partial charge on any atom is -0.334 e. The molecule has 0 saturated heterocycles. The van der Waals surface area contributed by atoms with E-state index in [1.54, 1.807) is 33.3 Å². The fourth-order valence-corrected chi connectivity index (χ4v) is 18.8. The number of fused-ring (bicyclic) bond motifs is 4. The zero-order chi connectivity index (χ0) is 61.8. The Morgan fingerprint density at radius 3 is 1.12 bits per heavy atom. The SMILES string of the molecule is Cc1ccc(N(c2ccc(C)cc2)c2ccc3c(c2)N(C2C(C4CC=CCC4)=CCCC2C2=CCCCC2)c2cc(C4CCCC4)cc4c2B3c2ccc(N(c3ccc(C)cc3)c3ccc(C)cc3)cc2N4C2C(C3CC=CCC3)=CCCC2C2=CCCCC2)cc1. The highest BCUT2D eigenvalue weighted by atomic mass is 15.2. The van der Waals surface area contributed by atoms with Crippen LogP contribution in [0.25, 0.3) is 0 Å². The van der Waals surface area contributed by atoms with Gasteiger partial charge in [0, 0.05) is 68.7 Å². The molecule has 0 spiro atoms. The van der Waals surface area contributed by atoms with Crippen LogP contribution >= 0.6 is 0 Å². The van der Waals surface area contributed by atoms with Gasteiger partial charge in [0.05, 0.1) is 12.1 Å². The molecule has 2 heterocycles. The molecule has 9 aliphatic rings. The fourth-order valence-electron chi connectivity index (χ4n) is 18.8. The molecular formula is C87H95BN4. The zero-order valence-corrected chi connectivity index (χ0v) is 55.4. The molecule has 92 heavy (non-hydrogen) atoms. The summed E-state index contributed by atoms with van der Waals surface area (Å²) in [5.41, 5.74) is 30.9. The summed E-state index contributed by atoms with van der Waals surface area (Å²) >= 11 is 0. The van der Waals surface area contributed by atoms with Gasteiger partial charge in [-0.2, -0.15) is 0 Å². The van der Waals surface area contributed by atoms with E-state index in [-0.39, 0.29) is 18.8 Å². The largest absolute Gasteiger partial charge is 0.334 e. The smallest absolute Gasteiger partial charge is 0.252 e. The quantitative estimate of drug-likeness (QED) is 0.0843. The average molecular weight is 1210 g/mol. The van der Waals surface area contributed by atoms with E-state index in [1.165, 1.54) is 193 Å². The van der Waals surface area contributed by atoms with Crippen LogP contribution in [-0.4, -0.2) is 18.8 Å². The summed E-state index contributed by atoms with van der Waals surface area (Å²) in [6, 6.07) is 58.9. The lowest BCUT2D eigenvalue weighted by molar-refractivity contribution is 0.391. The van der Waals surface area contributed by atoms with E-state index < -0.39 is 0 Å². The van der Waals surface area contributed by atoms with Crippen LogP contribution < -0.4 is 36.0 Å². The average Bonchev–Trinajstić information content (AvgIpc) is 0.704. The second kappa shape index (κ2) is 25.6. The van der Waals surface area contributed by atoms with Crippen molar-refractivity contribution in [1.82, 2.24) is 0 Å². The molecule has 0 radical (unpaired) electrons. The van der Waals surface area contributed by atoms with Crippen LogP contribution in [0.5, 0.6) is 0 Å². The number of allylic oxidation sites excluding steroid dienone is 8. The first-order chi connectivity index (χ1) is 45.3. The van der Waals surface area contributed by atoms with Gasteiger partial charge in [0.25, 0.3) is 6.71 Å². The van der Waals surface area contributed by atoms with Gasteiger partial charge in [0.2, 0.25) is 0 Å². The lowest BCUT2D eigenvalue weighted by Crippen LogP contribution is -2.65. The second-order valence-electron chi connectivity index (χ2n) is 29.3. The van der Waals surface area contributed by atoms with Gasteiger partial charge in [-0.25, -0.2) is 0 Å². The van der Waals surface area contributed by atoms with Crippen molar-refractivity contribution in [3.8, 4) is 0 Å². The maximum Gasteiger partial charge on any atom is 0.252 e. The molecule has 7 aromatic carbocycles. The third kappa shape index (κ3) is 11.1. The molecule has 466 valence electrons. The Hall–Kier alpha value is -7.76. The summed E-state index contributed by atoms with van der Waals surface area (Å²) in [5, 5.41) is 0. The highest BCUT2D eigenvalue weighted by Gasteiger charge is 2.51. The summed E-state index contributed by atoms with van der Waals surface area (Å²) in [5.74, 6) is 2.38. The first kappa shape index (κ1) is 59.3. The maximum atomic E-state index is 3.09. The number of hydrogen-bond acceptors (Lipinski definition) is 4. The Morgan fingerprint density at radius 1 is 0.348 bits per heavy atom. The zero-order valence-electron chi connectivity index (χ0n) is 55.4. The summed E-state index contributed by atoms with van der Waals surface area (Å²) in [6.45, 7) is 8.88. The molecule has 2 aliphatic heterocycles. The summed E-state index contributed by atoms with van der Waals surface area (Å²) in [6.07, 6.45) is 47.9. The Balaban J connectivity index is 1.01. The number of rotatable bonds is 13. The van der Waals surface area contributed by atoms with Crippen molar-refractivity contribution in [1.29, 1.82) is 0 Å². The van der Waals surface area contributed by atoms with Crippen molar-refractivity contribution in [2.45, 2.75) is 187 Å². The van der Waals surface area contributed by atoms with Crippen LogP contribution in [0.3, 0.4) is 0 Å². The highest BCUT2D eigenvalue weighted by Crippen LogP contribution is 2.54. The van der Waals surface area contributed by atoms with Crippen LogP contribution in [0.1, 0.15) is 175 Å². The van der Waals surface area contributed by atoms with Gasteiger partial charge in [-0.15, -0.1) is 0 Å². The van der Waals surface area contributed by atoms with E-state index in [1.807, 2.05) is 0 Å². The molecular weight excluding hydrogens is 1110 g/mol. The van der Waals surface area contributed by atoms with Crippen molar-refractivity contribution in [2.75, 3.05) is 19.6 Å². The van der Waals surface area contributed by atoms with Crippen LogP contribution in [0, 0.1) is 51.4 Å². The van der Waals surface area contributed by atoms with Gasteiger partial charge in [-0.3, -0.25) is 0 Å². The summed E-state index contributed by atoms with van der Waals surface area (Å²) in [7, 11) is 0. The van der Waals surface area contributed by atoms with Gasteiger partial charge < -0.3 is 19.6 Å². The van der Waals surface area contributed by atoms with E-state index in [0.717, 1.165) is 38.5 Å². The van der Waals surface area contributed by atoms with Gasteiger partial charge >= 0.3 is 0 Å². The van der Waals surface area contributed by atoms with E-state index in [9.17, 15) is 0 Å². The normalized spacial score (nSPS) is 23.6. The predicted octanol–water partition coefficient (Wildman–Crippen LogP) is 22.1. The van der Waals surface area contributed by atoms with E-state index in [2.05, 4.69) is 241 Å². The third-order valence-corrected chi connectivity index (χ3v) is 23.4. The number of benzene rings is 7. The standard InChI is InChI=1S/C87H95BN4/c1-59-35-43-69(44-36-59)89(70-45-37-60(2)38-46-70)73-51-53-79-81(57-73)91(86-75(64-23-9-5-10-24-64)31-19-32-76(86)65-25-11-6-12-26-65)83-55-68(63-21-17-18-22-63)56-84-85(83)88(79)80-54-52-74(90(71-47-39-61(3)40-48-71)72-49-41-62(4)42-50-72)58-82(80)92(84)87-77(66-27-13-7-14-28-66)33-20-34-78(87)67-29-15-8-16-30-67/h5,7,9,13,25,29,31,33,35-58,63-64,66,76,78,86-87H,6,8,10-12,14-24,26-28,30,32,34H2,1-4H3. The Kier molecular flexibility index (Phi) is 16.5. The molecule has 6 unspecified atom stereocenters. The van der Waals surface area contributed by atoms with Crippen molar-refractivity contribution in [3.05, 3.63) is 244 Å². The molecule has 16 rings (SSSR count). The van der Waals surface area contributed by atoms with Crippen LogP contribution in [-0.2, 0) is 0 Å². The lowest BCUT2D eigenvalue weighted by atomic mass is 9.33. The molecule has 0 bridgehead atoms. The third-order valence-electron chi connectivity index (χ3n) is 23.4. The van der Waals surface area contributed by atoms with Gasteiger partial charge in [0.15, 0.2) is 0 Å². The maximum absolute atomic E-state index is 3.09. The van der Waals surface area contributed by atoms with Crippen molar-refractivity contribution >= 4 is 80.0 Å². The predicted molar refractivity (Wildman–Crippen MR) is 393 cm³/mol. The molecule has 5 heteroatoms. The highest BCUT2D eigenvalue weighted by molar-refractivity contribution is 7.00. The summed E-state index contributed by atoms with van der Waals surface area (Å²) < 4.78 is 0. The Bertz CT molecular complexity index is 3710.